The van der Waals surface area contributed by atoms with Crippen LogP contribution in [0.25, 0.3) is 6.08 Å². The molecule has 0 spiro atoms. The van der Waals surface area contributed by atoms with Crippen molar-refractivity contribution in [3.63, 3.8) is 0 Å². The zero-order valence-corrected chi connectivity index (χ0v) is 21.7. The molecule has 1 saturated heterocycles. The minimum Gasteiger partial charge on any atom is -0.484 e. The smallest absolute Gasteiger partial charge is 0.270 e. The Morgan fingerprint density at radius 2 is 1.77 bits per heavy atom. The van der Waals surface area contributed by atoms with Crippen LogP contribution < -0.4 is 15.0 Å². The van der Waals surface area contributed by atoms with Gasteiger partial charge in [-0.3, -0.25) is 14.5 Å². The van der Waals surface area contributed by atoms with Crippen LogP contribution >= 0.6 is 47.2 Å². The molecule has 1 heterocycles. The number of ether oxygens (including phenoxy) is 1. The zero-order valence-electron chi connectivity index (χ0n) is 18.6. The Hall–Kier alpha value is -2.84. The predicted molar refractivity (Wildman–Crippen MR) is 149 cm³/mol. The highest BCUT2D eigenvalue weighted by molar-refractivity contribution is 8.27. The van der Waals surface area contributed by atoms with Crippen LogP contribution in [0.1, 0.15) is 18.1 Å². The quantitative estimate of drug-likeness (QED) is 0.257. The van der Waals surface area contributed by atoms with Gasteiger partial charge in [0.05, 0.1) is 20.6 Å². The van der Waals surface area contributed by atoms with Crippen molar-refractivity contribution >= 4 is 80.8 Å². The van der Waals surface area contributed by atoms with Crippen molar-refractivity contribution < 1.29 is 14.3 Å². The van der Waals surface area contributed by atoms with Crippen molar-refractivity contribution in [2.45, 2.75) is 13.3 Å². The Bertz CT molecular complexity index is 1310. The second kappa shape index (κ2) is 11.3. The summed E-state index contributed by atoms with van der Waals surface area (Å²) < 4.78 is 6.06. The zero-order chi connectivity index (χ0) is 24.9. The van der Waals surface area contributed by atoms with Gasteiger partial charge in [-0.15, -0.1) is 0 Å². The molecule has 9 heteroatoms. The van der Waals surface area contributed by atoms with Gasteiger partial charge >= 0.3 is 0 Å². The number of thioether (sulfide) groups is 1. The minimum atomic E-state index is -0.330. The number of rotatable bonds is 7. The maximum atomic E-state index is 13.0. The number of aryl methyl sites for hydroxylation is 1. The molecule has 0 atom stereocenters. The van der Waals surface area contributed by atoms with E-state index in [2.05, 4.69) is 12.2 Å². The lowest BCUT2D eigenvalue weighted by Crippen LogP contribution is -2.27. The fraction of sp³-hybridized carbons (Fsp3) is 0.115. The number of thiocarbonyl (C=S) groups is 1. The van der Waals surface area contributed by atoms with Crippen LogP contribution in [0.2, 0.25) is 10.0 Å². The van der Waals surface area contributed by atoms with Crippen LogP contribution in [-0.2, 0) is 16.0 Å². The molecule has 35 heavy (non-hydrogen) atoms. The third kappa shape index (κ3) is 6.24. The van der Waals surface area contributed by atoms with Crippen LogP contribution in [0.3, 0.4) is 0 Å². The van der Waals surface area contributed by atoms with Gasteiger partial charge in [0, 0.05) is 5.69 Å². The summed E-state index contributed by atoms with van der Waals surface area (Å²) in [6, 6.07) is 19.8. The molecule has 4 rings (SSSR count). The number of hydrogen-bond donors (Lipinski definition) is 1. The van der Waals surface area contributed by atoms with E-state index in [1.54, 1.807) is 41.3 Å². The number of halogens is 2. The Balaban J connectivity index is 1.36. The number of amides is 2. The lowest BCUT2D eigenvalue weighted by molar-refractivity contribution is -0.118. The van der Waals surface area contributed by atoms with Crippen molar-refractivity contribution in [2.24, 2.45) is 0 Å². The second-order valence-corrected chi connectivity index (χ2v) is 10.1. The van der Waals surface area contributed by atoms with Crippen LogP contribution in [0.5, 0.6) is 5.75 Å². The van der Waals surface area contributed by atoms with Gasteiger partial charge in [-0.2, -0.15) is 0 Å². The summed E-state index contributed by atoms with van der Waals surface area (Å²) in [7, 11) is 0. The molecule has 0 unspecified atom stereocenters. The summed E-state index contributed by atoms with van der Waals surface area (Å²) in [5, 5.41) is 3.46. The van der Waals surface area contributed by atoms with Crippen molar-refractivity contribution in [2.75, 3.05) is 16.8 Å². The molecule has 0 aromatic heterocycles. The average molecular weight is 543 g/mol. The van der Waals surface area contributed by atoms with Crippen LogP contribution in [0.15, 0.2) is 71.6 Å². The SMILES string of the molecule is CCc1ccc(N2C(=O)/C(=C/c3ccc(OCC(=O)Nc4ccc(Cl)c(Cl)c4)cc3)SC2=S)cc1. The van der Waals surface area contributed by atoms with E-state index >= 15 is 0 Å². The molecule has 1 N–H and O–H groups in total. The number of nitrogens with one attached hydrogen (secondary N) is 1. The summed E-state index contributed by atoms with van der Waals surface area (Å²) >= 11 is 18.6. The van der Waals surface area contributed by atoms with Gasteiger partial charge < -0.3 is 10.1 Å². The molecule has 0 radical (unpaired) electrons. The van der Waals surface area contributed by atoms with Gasteiger partial charge in [0.25, 0.3) is 11.8 Å². The number of nitrogens with zero attached hydrogens (tertiary/aromatic N) is 1. The number of anilines is 2. The van der Waals surface area contributed by atoms with Crippen molar-refractivity contribution in [3.05, 3.63) is 92.8 Å². The lowest BCUT2D eigenvalue weighted by Gasteiger charge is -2.14. The Morgan fingerprint density at radius 1 is 1.06 bits per heavy atom. The van der Waals surface area contributed by atoms with E-state index < -0.39 is 0 Å². The highest BCUT2D eigenvalue weighted by Gasteiger charge is 2.33. The van der Waals surface area contributed by atoms with E-state index in [0.29, 0.717) is 30.7 Å². The first-order valence-electron chi connectivity index (χ1n) is 10.7. The van der Waals surface area contributed by atoms with Gasteiger partial charge in [-0.25, -0.2) is 0 Å². The Morgan fingerprint density at radius 3 is 2.43 bits per heavy atom. The number of hydrogen-bond acceptors (Lipinski definition) is 5. The van der Waals surface area contributed by atoms with Gasteiger partial charge in [0.1, 0.15) is 5.75 Å². The summed E-state index contributed by atoms with van der Waals surface area (Å²) in [6.45, 7) is 1.91. The fourth-order valence-corrected chi connectivity index (χ4v) is 4.90. The molecule has 3 aromatic carbocycles. The largest absolute Gasteiger partial charge is 0.484 e. The minimum absolute atomic E-state index is 0.149. The summed E-state index contributed by atoms with van der Waals surface area (Å²) in [5.41, 5.74) is 3.31. The van der Waals surface area contributed by atoms with Crippen molar-refractivity contribution in [3.8, 4) is 5.75 Å². The molecule has 2 amide bonds. The third-order valence-corrected chi connectivity index (χ3v) is 7.19. The molecule has 1 aliphatic heterocycles. The Kier molecular flexibility index (Phi) is 8.13. The number of carbonyl (C=O) groups is 2. The average Bonchev–Trinajstić information content (AvgIpc) is 3.13. The van der Waals surface area contributed by atoms with Gasteiger partial charge in [0.2, 0.25) is 0 Å². The van der Waals surface area contributed by atoms with E-state index in [0.717, 1.165) is 17.7 Å². The van der Waals surface area contributed by atoms with Crippen LogP contribution in [-0.4, -0.2) is 22.7 Å². The lowest BCUT2D eigenvalue weighted by atomic mass is 10.1. The van der Waals surface area contributed by atoms with Crippen LogP contribution in [0.4, 0.5) is 11.4 Å². The molecule has 0 saturated carbocycles. The molecular formula is C26H20Cl2N2O3S2. The van der Waals surface area contributed by atoms with E-state index in [-0.39, 0.29) is 18.4 Å². The Labute approximate surface area is 223 Å². The maximum Gasteiger partial charge on any atom is 0.270 e. The molecule has 178 valence electrons. The van der Waals surface area contributed by atoms with E-state index in [1.807, 2.05) is 36.4 Å². The first-order valence-corrected chi connectivity index (χ1v) is 12.7. The molecule has 1 fully saturated rings. The van der Waals surface area contributed by atoms with Crippen LogP contribution in [0, 0.1) is 0 Å². The fourth-order valence-electron chi connectivity index (χ4n) is 3.30. The normalized spacial score (nSPS) is 14.5. The number of carbonyl (C=O) groups excluding carboxylic acids is 2. The maximum absolute atomic E-state index is 13.0. The van der Waals surface area contributed by atoms with E-state index in [9.17, 15) is 9.59 Å². The molecule has 3 aromatic rings. The first-order chi connectivity index (χ1) is 16.8. The highest BCUT2D eigenvalue weighted by Crippen LogP contribution is 2.36. The second-order valence-electron chi connectivity index (χ2n) is 7.57. The molecule has 0 bridgehead atoms. The van der Waals surface area contributed by atoms with Gasteiger partial charge in [-0.1, -0.05) is 78.4 Å². The molecular weight excluding hydrogens is 523 g/mol. The summed E-state index contributed by atoms with van der Waals surface area (Å²) in [6.07, 6.45) is 2.72. The predicted octanol–water partition coefficient (Wildman–Crippen LogP) is 6.98. The van der Waals surface area contributed by atoms with E-state index in [1.165, 1.54) is 17.3 Å². The monoisotopic (exact) mass is 542 g/mol. The topological polar surface area (TPSA) is 58.6 Å². The van der Waals surface area contributed by atoms with Gasteiger partial charge in [0.15, 0.2) is 10.9 Å². The third-order valence-electron chi connectivity index (χ3n) is 5.15. The van der Waals surface area contributed by atoms with E-state index in [4.69, 9.17) is 40.2 Å². The highest BCUT2D eigenvalue weighted by atomic mass is 35.5. The summed E-state index contributed by atoms with van der Waals surface area (Å²) in [4.78, 5) is 27.2. The number of benzene rings is 3. The van der Waals surface area contributed by atoms with Crippen molar-refractivity contribution in [1.82, 2.24) is 0 Å². The molecule has 1 aliphatic rings. The molecule has 5 nitrogen and oxygen atoms in total. The summed E-state index contributed by atoms with van der Waals surface area (Å²) in [5.74, 6) is 0.0432. The first kappa shape index (κ1) is 25.3. The van der Waals surface area contributed by atoms with Crippen molar-refractivity contribution in [1.29, 1.82) is 0 Å². The standard InChI is InChI=1S/C26H20Cl2N2O3S2/c1-2-16-3-8-19(9-4-16)30-25(32)23(35-26(30)34)13-17-5-10-20(11-6-17)33-15-24(31)29-18-7-12-21(27)22(28)14-18/h3-14H,2,15H2,1H3,(H,29,31)/b23-13-. The molecule has 0 aliphatic carbocycles. The van der Waals surface area contributed by atoms with Gasteiger partial charge in [-0.05, 0) is 66.1 Å².